The first kappa shape index (κ1) is 29.9. The van der Waals surface area contributed by atoms with Crippen LogP contribution in [0.25, 0.3) is 0 Å². The Balaban J connectivity index is 1.95. The molecule has 1 aliphatic rings. The van der Waals surface area contributed by atoms with Gasteiger partial charge in [0.1, 0.15) is 0 Å². The van der Waals surface area contributed by atoms with Crippen LogP contribution < -0.4 is 0 Å². The Morgan fingerprint density at radius 1 is 0.562 bits per heavy atom. The molecule has 4 atom stereocenters. The minimum absolute atomic E-state index is 0.0767. The van der Waals surface area contributed by atoms with Crippen molar-refractivity contribution in [3.63, 3.8) is 0 Å². The second-order valence-corrected chi connectivity index (χ2v) is 10.2. The highest BCUT2D eigenvalue weighted by molar-refractivity contribution is 4.83. The molecule has 192 valence electrons. The smallest absolute Gasteiger partial charge is 0.0840 e. The lowest BCUT2D eigenvalue weighted by molar-refractivity contribution is -0.0786. The molecule has 0 bridgehead atoms. The summed E-state index contributed by atoms with van der Waals surface area (Å²) >= 11 is 0. The molecule has 0 spiro atoms. The van der Waals surface area contributed by atoms with E-state index in [-0.39, 0.29) is 24.4 Å². The van der Waals surface area contributed by atoms with E-state index in [2.05, 4.69) is 6.92 Å². The molecule has 1 fully saturated rings. The first-order chi connectivity index (χ1) is 15.7. The van der Waals surface area contributed by atoms with Gasteiger partial charge in [-0.15, -0.1) is 0 Å². The maximum Gasteiger partial charge on any atom is 0.0840 e. The Bertz CT molecular complexity index is 390. The number of unbranched alkanes of at least 4 members (excludes halogenated alkanes) is 16. The summed E-state index contributed by atoms with van der Waals surface area (Å²) in [5.74, 6) is 0. The number of aliphatic hydroxyl groups is 3. The van der Waals surface area contributed by atoms with Gasteiger partial charge >= 0.3 is 0 Å². The van der Waals surface area contributed by atoms with Crippen LogP contribution >= 0.6 is 0 Å². The summed E-state index contributed by atoms with van der Waals surface area (Å²) in [5, 5.41) is 29.8. The van der Waals surface area contributed by atoms with E-state index in [1.165, 1.54) is 89.9 Å². The quantitative estimate of drug-likeness (QED) is 0.144. The summed E-state index contributed by atoms with van der Waals surface area (Å²) < 4.78 is 6.04. The standard InChI is InChI=1S/C28H56O4/c1-2-3-4-5-6-7-8-11-14-17-20-25(30)27-22-23-28(32-27)26(31)21-18-15-12-9-10-13-16-19-24-29/h25-31H,2-24H2,1H3/t25-,26-,27-,28-/m1/s1. The van der Waals surface area contributed by atoms with Gasteiger partial charge in [0.05, 0.1) is 24.4 Å². The van der Waals surface area contributed by atoms with Gasteiger partial charge in [0.2, 0.25) is 0 Å². The van der Waals surface area contributed by atoms with E-state index in [0.29, 0.717) is 6.61 Å². The molecule has 0 aromatic heterocycles. The number of aliphatic hydroxyl groups excluding tert-OH is 3. The van der Waals surface area contributed by atoms with Gasteiger partial charge in [-0.05, 0) is 32.1 Å². The molecule has 0 saturated carbocycles. The van der Waals surface area contributed by atoms with Crippen LogP contribution in [0.2, 0.25) is 0 Å². The molecule has 1 aliphatic heterocycles. The van der Waals surface area contributed by atoms with Crippen molar-refractivity contribution in [3.8, 4) is 0 Å². The SMILES string of the molecule is CCCCCCCCCCCC[C@@H](O)[C@H]1CC[C@H]([C@H](O)CCCCCCCCCCO)O1. The lowest BCUT2D eigenvalue weighted by atomic mass is 10.00. The van der Waals surface area contributed by atoms with Crippen molar-refractivity contribution < 1.29 is 20.1 Å². The zero-order valence-corrected chi connectivity index (χ0v) is 21.3. The van der Waals surface area contributed by atoms with E-state index in [9.17, 15) is 10.2 Å². The van der Waals surface area contributed by atoms with E-state index < -0.39 is 0 Å². The number of rotatable bonds is 23. The Morgan fingerprint density at radius 2 is 0.906 bits per heavy atom. The third kappa shape index (κ3) is 15.6. The van der Waals surface area contributed by atoms with Crippen molar-refractivity contribution in [2.45, 2.75) is 173 Å². The molecule has 3 N–H and O–H groups in total. The largest absolute Gasteiger partial charge is 0.396 e. The normalized spacial score (nSPS) is 20.6. The predicted molar refractivity (Wildman–Crippen MR) is 135 cm³/mol. The zero-order valence-electron chi connectivity index (χ0n) is 21.3. The summed E-state index contributed by atoms with van der Waals surface area (Å²) in [4.78, 5) is 0. The second kappa shape index (κ2) is 21.4. The first-order valence-electron chi connectivity index (χ1n) is 14.3. The van der Waals surface area contributed by atoms with Crippen LogP contribution in [0, 0.1) is 0 Å². The molecule has 0 amide bonds. The third-order valence-corrected chi connectivity index (χ3v) is 7.21. The van der Waals surface area contributed by atoms with Crippen molar-refractivity contribution in [1.29, 1.82) is 0 Å². The van der Waals surface area contributed by atoms with Crippen LogP contribution in [0.1, 0.15) is 148 Å². The maximum absolute atomic E-state index is 10.5. The van der Waals surface area contributed by atoms with Gasteiger partial charge in [-0.2, -0.15) is 0 Å². The van der Waals surface area contributed by atoms with Crippen molar-refractivity contribution in [2.75, 3.05) is 6.61 Å². The van der Waals surface area contributed by atoms with Gasteiger partial charge in [-0.25, -0.2) is 0 Å². The highest BCUT2D eigenvalue weighted by Crippen LogP contribution is 2.28. The Morgan fingerprint density at radius 3 is 1.28 bits per heavy atom. The number of ether oxygens (including phenoxy) is 1. The van der Waals surface area contributed by atoms with Crippen LogP contribution in [0.15, 0.2) is 0 Å². The molecule has 1 rings (SSSR count). The van der Waals surface area contributed by atoms with Gasteiger partial charge < -0.3 is 20.1 Å². The number of hydrogen-bond donors (Lipinski definition) is 3. The lowest BCUT2D eigenvalue weighted by Crippen LogP contribution is -2.31. The summed E-state index contributed by atoms with van der Waals surface area (Å²) in [6, 6.07) is 0. The average Bonchev–Trinajstić information content (AvgIpc) is 3.29. The molecule has 0 aliphatic carbocycles. The van der Waals surface area contributed by atoms with Crippen LogP contribution in [-0.4, -0.2) is 46.3 Å². The topological polar surface area (TPSA) is 69.9 Å². The molecular formula is C28H56O4. The van der Waals surface area contributed by atoms with Gasteiger partial charge in [-0.1, -0.05) is 116 Å². The second-order valence-electron chi connectivity index (χ2n) is 10.2. The molecule has 32 heavy (non-hydrogen) atoms. The molecule has 0 aromatic carbocycles. The minimum atomic E-state index is -0.380. The number of hydrogen-bond acceptors (Lipinski definition) is 4. The molecular weight excluding hydrogens is 400 g/mol. The molecule has 0 unspecified atom stereocenters. The molecule has 0 radical (unpaired) electrons. The Hall–Kier alpha value is -0.160. The van der Waals surface area contributed by atoms with Crippen molar-refractivity contribution in [3.05, 3.63) is 0 Å². The Labute approximate surface area is 199 Å². The minimum Gasteiger partial charge on any atom is -0.396 e. The predicted octanol–water partition coefficient (Wildman–Crippen LogP) is 7.07. The van der Waals surface area contributed by atoms with E-state index in [0.717, 1.165) is 51.4 Å². The summed E-state index contributed by atoms with van der Waals surface area (Å²) in [5.41, 5.74) is 0. The fourth-order valence-electron chi connectivity index (χ4n) is 4.99. The Kier molecular flexibility index (Phi) is 20.0. The van der Waals surface area contributed by atoms with Crippen molar-refractivity contribution >= 4 is 0 Å². The van der Waals surface area contributed by atoms with E-state index in [1.807, 2.05) is 0 Å². The van der Waals surface area contributed by atoms with E-state index in [4.69, 9.17) is 9.84 Å². The summed E-state index contributed by atoms with van der Waals surface area (Å²) in [7, 11) is 0. The molecule has 4 nitrogen and oxygen atoms in total. The van der Waals surface area contributed by atoms with Gasteiger partial charge in [0, 0.05) is 6.61 Å². The summed E-state index contributed by atoms with van der Waals surface area (Å²) in [6.07, 6.45) is 24.9. The molecule has 4 heteroatoms. The fourth-order valence-corrected chi connectivity index (χ4v) is 4.99. The first-order valence-corrected chi connectivity index (χ1v) is 14.3. The van der Waals surface area contributed by atoms with Crippen LogP contribution in [-0.2, 0) is 4.74 Å². The van der Waals surface area contributed by atoms with Crippen LogP contribution in [0.5, 0.6) is 0 Å². The van der Waals surface area contributed by atoms with E-state index in [1.54, 1.807) is 0 Å². The highest BCUT2D eigenvalue weighted by Gasteiger charge is 2.33. The summed E-state index contributed by atoms with van der Waals surface area (Å²) in [6.45, 7) is 2.58. The van der Waals surface area contributed by atoms with Gasteiger partial charge in [0.25, 0.3) is 0 Å². The van der Waals surface area contributed by atoms with Gasteiger partial charge in [0.15, 0.2) is 0 Å². The molecule has 1 saturated heterocycles. The third-order valence-electron chi connectivity index (χ3n) is 7.21. The van der Waals surface area contributed by atoms with Crippen molar-refractivity contribution in [2.24, 2.45) is 0 Å². The van der Waals surface area contributed by atoms with Gasteiger partial charge in [-0.3, -0.25) is 0 Å². The highest BCUT2D eigenvalue weighted by atomic mass is 16.5. The maximum atomic E-state index is 10.5. The van der Waals surface area contributed by atoms with Crippen LogP contribution in [0.3, 0.4) is 0 Å². The monoisotopic (exact) mass is 456 g/mol. The van der Waals surface area contributed by atoms with Crippen LogP contribution in [0.4, 0.5) is 0 Å². The molecule has 1 heterocycles. The fraction of sp³-hybridized carbons (Fsp3) is 1.00. The lowest BCUT2D eigenvalue weighted by Gasteiger charge is -2.22. The zero-order chi connectivity index (χ0) is 23.3. The van der Waals surface area contributed by atoms with Crippen molar-refractivity contribution in [1.82, 2.24) is 0 Å². The molecule has 0 aromatic rings. The average molecular weight is 457 g/mol. The van der Waals surface area contributed by atoms with E-state index >= 15 is 0 Å².